The molecule has 1 atom stereocenters. The van der Waals surface area contributed by atoms with Crippen LogP contribution in [0.15, 0.2) is 27.4 Å². The summed E-state index contributed by atoms with van der Waals surface area (Å²) in [5.41, 5.74) is 2.26. The minimum atomic E-state index is -0.598. The van der Waals surface area contributed by atoms with E-state index >= 15 is 0 Å². The molecule has 6 heteroatoms. The Labute approximate surface area is 147 Å². The first-order valence-corrected chi connectivity index (χ1v) is 9.15. The summed E-state index contributed by atoms with van der Waals surface area (Å²) in [7, 11) is 0. The fourth-order valence-electron chi connectivity index (χ4n) is 3.88. The summed E-state index contributed by atoms with van der Waals surface area (Å²) in [6, 6.07) is 5.47. The first-order chi connectivity index (χ1) is 12.1. The van der Waals surface area contributed by atoms with E-state index in [0.717, 1.165) is 49.4 Å². The highest BCUT2D eigenvalue weighted by Gasteiger charge is 2.30. The average Bonchev–Trinajstić information content (AvgIpc) is 2.99. The van der Waals surface area contributed by atoms with E-state index in [1.807, 2.05) is 19.1 Å². The van der Waals surface area contributed by atoms with Gasteiger partial charge in [0.1, 0.15) is 17.6 Å². The van der Waals surface area contributed by atoms with Crippen molar-refractivity contribution in [3.05, 3.63) is 51.3 Å². The van der Waals surface area contributed by atoms with Gasteiger partial charge in [-0.1, -0.05) is 0 Å². The largest absolute Gasteiger partial charge is 0.464 e. The number of aromatic nitrogens is 2. The molecule has 6 nitrogen and oxygen atoms in total. The summed E-state index contributed by atoms with van der Waals surface area (Å²) in [4.78, 5) is 14.4. The van der Waals surface area contributed by atoms with E-state index in [4.69, 9.17) is 4.42 Å². The number of hydrogen-bond acceptors (Lipinski definition) is 5. The minimum Gasteiger partial charge on any atom is -0.464 e. The van der Waals surface area contributed by atoms with Crippen LogP contribution in [0.5, 0.6) is 0 Å². The molecule has 1 saturated heterocycles. The summed E-state index contributed by atoms with van der Waals surface area (Å²) >= 11 is 0. The number of rotatable bonds is 5. The maximum atomic E-state index is 12.2. The van der Waals surface area contributed by atoms with Gasteiger partial charge in [-0.05, 0) is 50.3 Å². The number of fused-ring (bicyclic) bond motifs is 1. The molecule has 0 saturated carbocycles. The molecule has 1 aliphatic heterocycles. The lowest BCUT2D eigenvalue weighted by Gasteiger charge is -2.40. The molecule has 1 unspecified atom stereocenters. The van der Waals surface area contributed by atoms with Crippen molar-refractivity contribution in [3.8, 4) is 0 Å². The molecule has 2 aliphatic rings. The summed E-state index contributed by atoms with van der Waals surface area (Å²) in [5.74, 6) is 1.85. The van der Waals surface area contributed by atoms with Crippen LogP contribution in [-0.2, 0) is 19.4 Å². The Bertz CT molecular complexity index is 804. The van der Waals surface area contributed by atoms with Crippen molar-refractivity contribution in [2.75, 3.05) is 19.6 Å². The average molecular weight is 343 g/mol. The number of β-amino-alcohol motifs (C(OH)–C–C–N with tert-alkyl or cyclic N) is 1. The van der Waals surface area contributed by atoms with Gasteiger partial charge in [0.2, 0.25) is 0 Å². The highest BCUT2D eigenvalue weighted by Crippen LogP contribution is 2.23. The highest BCUT2D eigenvalue weighted by atomic mass is 16.4. The third-order valence-electron chi connectivity index (χ3n) is 5.26. The topological polar surface area (TPSA) is 71.5 Å². The van der Waals surface area contributed by atoms with E-state index < -0.39 is 6.10 Å². The Hall–Kier alpha value is -1.92. The SMILES string of the molecule is Cc1ccc(C(O)CN2CC(Cn3nc4c(cc3=O)CCCC4)C2)o1. The molecule has 3 heterocycles. The molecule has 4 rings (SSSR count). The molecule has 1 aliphatic carbocycles. The monoisotopic (exact) mass is 343 g/mol. The van der Waals surface area contributed by atoms with E-state index in [0.29, 0.717) is 24.8 Å². The van der Waals surface area contributed by atoms with Gasteiger partial charge in [-0.25, -0.2) is 4.68 Å². The predicted octanol–water partition coefficient (Wildman–Crippen LogP) is 1.69. The first-order valence-electron chi connectivity index (χ1n) is 9.15. The number of aryl methyl sites for hydroxylation is 3. The lowest BCUT2D eigenvalue weighted by Crippen LogP contribution is -2.50. The third kappa shape index (κ3) is 3.55. The molecule has 2 aromatic rings. The second kappa shape index (κ2) is 6.77. The molecule has 0 spiro atoms. The van der Waals surface area contributed by atoms with E-state index in [-0.39, 0.29) is 5.56 Å². The van der Waals surface area contributed by atoms with Crippen molar-refractivity contribution >= 4 is 0 Å². The molecule has 1 fully saturated rings. The van der Waals surface area contributed by atoms with Crippen LogP contribution >= 0.6 is 0 Å². The number of furan rings is 1. The van der Waals surface area contributed by atoms with Crippen LogP contribution in [0.25, 0.3) is 0 Å². The van der Waals surface area contributed by atoms with Crippen LogP contribution in [0, 0.1) is 12.8 Å². The van der Waals surface area contributed by atoms with Gasteiger partial charge in [-0.15, -0.1) is 0 Å². The zero-order valence-electron chi connectivity index (χ0n) is 14.6. The van der Waals surface area contributed by atoms with Crippen LogP contribution in [-0.4, -0.2) is 39.4 Å². The molecule has 134 valence electrons. The Balaban J connectivity index is 1.32. The van der Waals surface area contributed by atoms with Gasteiger partial charge in [0, 0.05) is 31.6 Å². The van der Waals surface area contributed by atoms with Crippen LogP contribution in [0.1, 0.15) is 41.7 Å². The van der Waals surface area contributed by atoms with E-state index in [1.54, 1.807) is 10.7 Å². The third-order valence-corrected chi connectivity index (χ3v) is 5.26. The molecule has 0 radical (unpaired) electrons. The van der Waals surface area contributed by atoms with Crippen molar-refractivity contribution in [2.45, 2.75) is 45.3 Å². The summed E-state index contributed by atoms with van der Waals surface area (Å²) in [6.45, 7) is 4.86. The number of aliphatic hydroxyl groups excluding tert-OH is 1. The zero-order chi connectivity index (χ0) is 17.4. The van der Waals surface area contributed by atoms with E-state index in [1.165, 1.54) is 6.42 Å². The maximum absolute atomic E-state index is 12.2. The van der Waals surface area contributed by atoms with Crippen LogP contribution in [0.2, 0.25) is 0 Å². The Kier molecular flexibility index (Phi) is 4.48. The summed E-state index contributed by atoms with van der Waals surface area (Å²) in [6.07, 6.45) is 3.70. The second-order valence-electron chi connectivity index (χ2n) is 7.39. The quantitative estimate of drug-likeness (QED) is 0.894. The highest BCUT2D eigenvalue weighted by molar-refractivity contribution is 5.20. The zero-order valence-corrected chi connectivity index (χ0v) is 14.6. The lowest BCUT2D eigenvalue weighted by molar-refractivity contribution is 0.0231. The van der Waals surface area contributed by atoms with Gasteiger partial charge in [0.15, 0.2) is 0 Å². The van der Waals surface area contributed by atoms with Gasteiger partial charge >= 0.3 is 0 Å². The maximum Gasteiger partial charge on any atom is 0.267 e. The Morgan fingerprint density at radius 2 is 2.12 bits per heavy atom. The van der Waals surface area contributed by atoms with Crippen molar-refractivity contribution in [1.29, 1.82) is 0 Å². The lowest BCUT2D eigenvalue weighted by atomic mass is 9.96. The van der Waals surface area contributed by atoms with Crippen LogP contribution in [0.4, 0.5) is 0 Å². The van der Waals surface area contributed by atoms with Crippen molar-refractivity contribution in [1.82, 2.24) is 14.7 Å². The number of nitrogens with zero attached hydrogens (tertiary/aromatic N) is 3. The van der Waals surface area contributed by atoms with Crippen molar-refractivity contribution < 1.29 is 9.52 Å². The van der Waals surface area contributed by atoms with Crippen LogP contribution in [0.3, 0.4) is 0 Å². The second-order valence-corrected chi connectivity index (χ2v) is 7.39. The smallest absolute Gasteiger partial charge is 0.267 e. The first kappa shape index (κ1) is 16.5. The fourth-order valence-corrected chi connectivity index (χ4v) is 3.88. The Morgan fingerprint density at radius 1 is 1.32 bits per heavy atom. The fraction of sp³-hybridized carbons (Fsp3) is 0.579. The normalized spacial score (nSPS) is 19.4. The van der Waals surface area contributed by atoms with E-state index in [9.17, 15) is 9.90 Å². The molecule has 0 aromatic carbocycles. The number of hydrogen-bond donors (Lipinski definition) is 1. The van der Waals surface area contributed by atoms with Crippen molar-refractivity contribution in [2.24, 2.45) is 5.92 Å². The molecule has 0 amide bonds. The summed E-state index contributed by atoms with van der Waals surface area (Å²) < 4.78 is 7.11. The van der Waals surface area contributed by atoms with Crippen LogP contribution < -0.4 is 5.56 Å². The van der Waals surface area contributed by atoms with Gasteiger partial charge in [0.25, 0.3) is 5.56 Å². The molecular weight excluding hydrogens is 318 g/mol. The van der Waals surface area contributed by atoms with E-state index in [2.05, 4.69) is 10.00 Å². The molecule has 2 aromatic heterocycles. The Morgan fingerprint density at radius 3 is 2.88 bits per heavy atom. The van der Waals surface area contributed by atoms with Gasteiger partial charge in [-0.3, -0.25) is 9.69 Å². The number of likely N-dealkylation sites (tertiary alicyclic amines) is 1. The predicted molar refractivity (Wildman–Crippen MR) is 93.5 cm³/mol. The minimum absolute atomic E-state index is 0.0187. The van der Waals surface area contributed by atoms with Gasteiger partial charge < -0.3 is 9.52 Å². The van der Waals surface area contributed by atoms with Gasteiger partial charge in [0.05, 0.1) is 12.2 Å². The van der Waals surface area contributed by atoms with Gasteiger partial charge in [-0.2, -0.15) is 5.10 Å². The molecule has 0 bridgehead atoms. The summed E-state index contributed by atoms with van der Waals surface area (Å²) in [5, 5.41) is 14.8. The molecule has 25 heavy (non-hydrogen) atoms. The number of aliphatic hydroxyl groups is 1. The van der Waals surface area contributed by atoms with Crippen molar-refractivity contribution in [3.63, 3.8) is 0 Å². The molecule has 1 N–H and O–H groups in total. The molecular formula is C19H25N3O3. The standard InChI is InChI=1S/C19H25N3O3/c1-13-6-7-18(25-13)17(23)12-21-9-14(10-21)11-22-19(24)8-15-4-2-3-5-16(15)20-22/h6-8,14,17,23H,2-5,9-12H2,1H3.